The molecule has 1 aliphatic heterocycles. The Balaban J connectivity index is 1.79. The third kappa shape index (κ3) is 2.42. The first kappa shape index (κ1) is 8.51. The van der Waals surface area contributed by atoms with Crippen molar-refractivity contribution >= 4 is 5.69 Å². The van der Waals surface area contributed by atoms with Gasteiger partial charge in [0.2, 0.25) is 0 Å². The van der Waals surface area contributed by atoms with Gasteiger partial charge in [0.15, 0.2) is 0 Å². The van der Waals surface area contributed by atoms with Crippen LogP contribution in [0.25, 0.3) is 0 Å². The molecule has 0 bridgehead atoms. The van der Waals surface area contributed by atoms with Gasteiger partial charge in [-0.3, -0.25) is 4.98 Å². The van der Waals surface area contributed by atoms with Crippen molar-refractivity contribution in [3.63, 3.8) is 0 Å². The zero-order valence-electron chi connectivity index (χ0n) is 7.57. The summed E-state index contributed by atoms with van der Waals surface area (Å²) < 4.78 is 5.49. The quantitative estimate of drug-likeness (QED) is 0.764. The van der Waals surface area contributed by atoms with E-state index in [0.29, 0.717) is 6.10 Å². The largest absolute Gasteiger partial charge is 0.381 e. The van der Waals surface area contributed by atoms with Crippen LogP contribution in [0.5, 0.6) is 0 Å². The molecule has 1 saturated heterocycles. The molecule has 1 fully saturated rings. The van der Waals surface area contributed by atoms with Crippen LogP contribution in [0.4, 0.5) is 5.69 Å². The highest BCUT2D eigenvalue weighted by molar-refractivity contribution is 5.39. The average Bonchev–Trinajstić information content (AvgIpc) is 2.69. The number of nitrogens with one attached hydrogen (secondary N) is 1. The van der Waals surface area contributed by atoms with E-state index in [1.807, 2.05) is 18.3 Å². The molecule has 0 spiro atoms. The third-order valence-electron chi connectivity index (χ3n) is 2.22. The Morgan fingerprint density at radius 2 is 2.62 bits per heavy atom. The molecule has 0 amide bonds. The molecule has 70 valence electrons. The zero-order chi connectivity index (χ0) is 8.93. The maximum absolute atomic E-state index is 5.49. The van der Waals surface area contributed by atoms with Crippen LogP contribution in [0.1, 0.15) is 12.8 Å². The van der Waals surface area contributed by atoms with Gasteiger partial charge in [-0.15, -0.1) is 0 Å². The first-order valence-corrected chi connectivity index (χ1v) is 4.70. The van der Waals surface area contributed by atoms with Gasteiger partial charge in [0.1, 0.15) is 0 Å². The number of nitrogens with zero attached hydrogens (tertiary/aromatic N) is 1. The second kappa shape index (κ2) is 4.23. The maximum atomic E-state index is 5.49. The normalized spacial score (nSPS) is 21.7. The lowest BCUT2D eigenvalue weighted by Crippen LogP contribution is -2.18. The molecular weight excluding hydrogens is 164 g/mol. The van der Waals surface area contributed by atoms with E-state index < -0.39 is 0 Å². The molecule has 3 nitrogen and oxygen atoms in total. The summed E-state index contributed by atoms with van der Waals surface area (Å²) in [7, 11) is 0. The van der Waals surface area contributed by atoms with Gasteiger partial charge in [0.25, 0.3) is 0 Å². The molecule has 13 heavy (non-hydrogen) atoms. The van der Waals surface area contributed by atoms with Gasteiger partial charge in [-0.2, -0.15) is 0 Å². The molecule has 0 radical (unpaired) electrons. The Bertz CT molecular complexity index is 244. The van der Waals surface area contributed by atoms with Crippen molar-refractivity contribution < 1.29 is 4.74 Å². The van der Waals surface area contributed by atoms with E-state index in [1.165, 1.54) is 12.8 Å². The number of anilines is 1. The van der Waals surface area contributed by atoms with Crippen LogP contribution >= 0.6 is 0 Å². The van der Waals surface area contributed by atoms with Crippen molar-refractivity contribution in [3.05, 3.63) is 24.5 Å². The van der Waals surface area contributed by atoms with Crippen molar-refractivity contribution in [2.24, 2.45) is 0 Å². The summed E-state index contributed by atoms with van der Waals surface area (Å²) in [5.41, 5.74) is 1.07. The third-order valence-corrected chi connectivity index (χ3v) is 2.22. The molecule has 2 rings (SSSR count). The topological polar surface area (TPSA) is 34.2 Å². The predicted molar refractivity (Wildman–Crippen MR) is 51.7 cm³/mol. The molecule has 1 unspecified atom stereocenters. The SMILES string of the molecule is c1cncc(NCC2CCCO2)c1. The van der Waals surface area contributed by atoms with Gasteiger partial charge < -0.3 is 10.1 Å². The molecule has 1 aliphatic rings. The Hall–Kier alpha value is -1.09. The predicted octanol–water partition coefficient (Wildman–Crippen LogP) is 1.67. The lowest BCUT2D eigenvalue weighted by atomic mass is 10.2. The zero-order valence-corrected chi connectivity index (χ0v) is 7.57. The van der Waals surface area contributed by atoms with Gasteiger partial charge in [-0.05, 0) is 25.0 Å². The molecule has 1 N–H and O–H groups in total. The molecule has 1 atom stereocenters. The van der Waals surface area contributed by atoms with Crippen molar-refractivity contribution in [3.8, 4) is 0 Å². The molecule has 2 heterocycles. The summed E-state index contributed by atoms with van der Waals surface area (Å²) in [5.74, 6) is 0. The Labute approximate surface area is 78.1 Å². The summed E-state index contributed by atoms with van der Waals surface area (Å²) in [6.45, 7) is 1.81. The van der Waals surface area contributed by atoms with Crippen LogP contribution in [0.3, 0.4) is 0 Å². The summed E-state index contributed by atoms with van der Waals surface area (Å²) in [6, 6.07) is 3.94. The summed E-state index contributed by atoms with van der Waals surface area (Å²) in [5, 5.41) is 3.30. The first-order chi connectivity index (χ1) is 6.45. The van der Waals surface area contributed by atoms with Crippen molar-refractivity contribution in [2.75, 3.05) is 18.5 Å². The van der Waals surface area contributed by atoms with Crippen LogP contribution in [0, 0.1) is 0 Å². The molecule has 1 aromatic heterocycles. The van der Waals surface area contributed by atoms with Crippen LogP contribution in [-0.2, 0) is 4.74 Å². The fraction of sp³-hybridized carbons (Fsp3) is 0.500. The second-order valence-electron chi connectivity index (χ2n) is 3.26. The van der Waals surface area contributed by atoms with Crippen molar-refractivity contribution in [1.82, 2.24) is 4.98 Å². The van der Waals surface area contributed by atoms with E-state index in [0.717, 1.165) is 18.8 Å². The second-order valence-corrected chi connectivity index (χ2v) is 3.26. The number of hydrogen-bond acceptors (Lipinski definition) is 3. The van der Waals surface area contributed by atoms with Crippen LogP contribution in [0.15, 0.2) is 24.5 Å². The lowest BCUT2D eigenvalue weighted by Gasteiger charge is -2.10. The number of rotatable bonds is 3. The first-order valence-electron chi connectivity index (χ1n) is 4.70. The van der Waals surface area contributed by atoms with Crippen LogP contribution in [-0.4, -0.2) is 24.2 Å². The Morgan fingerprint density at radius 1 is 1.62 bits per heavy atom. The van der Waals surface area contributed by atoms with Gasteiger partial charge in [-0.1, -0.05) is 0 Å². The van der Waals surface area contributed by atoms with E-state index in [2.05, 4.69) is 10.3 Å². The lowest BCUT2D eigenvalue weighted by molar-refractivity contribution is 0.120. The monoisotopic (exact) mass is 178 g/mol. The summed E-state index contributed by atoms with van der Waals surface area (Å²) in [6.07, 6.45) is 6.36. The van der Waals surface area contributed by atoms with Gasteiger partial charge in [-0.25, -0.2) is 0 Å². The number of pyridine rings is 1. The maximum Gasteiger partial charge on any atom is 0.0748 e. The standard InChI is InChI=1S/C10H14N2O/c1-3-9(7-11-5-1)12-8-10-4-2-6-13-10/h1,3,5,7,10,12H,2,4,6,8H2. The summed E-state index contributed by atoms with van der Waals surface area (Å²) >= 11 is 0. The molecule has 0 aliphatic carbocycles. The molecule has 1 aromatic rings. The molecule has 3 heteroatoms. The van der Waals surface area contributed by atoms with Crippen LogP contribution in [0.2, 0.25) is 0 Å². The van der Waals surface area contributed by atoms with Crippen molar-refractivity contribution in [2.45, 2.75) is 18.9 Å². The minimum Gasteiger partial charge on any atom is -0.381 e. The van der Waals surface area contributed by atoms with Crippen LogP contribution < -0.4 is 5.32 Å². The van der Waals surface area contributed by atoms with E-state index in [-0.39, 0.29) is 0 Å². The molecular formula is C10H14N2O. The number of ether oxygens (including phenoxy) is 1. The van der Waals surface area contributed by atoms with E-state index in [9.17, 15) is 0 Å². The molecule has 0 aromatic carbocycles. The highest BCUT2D eigenvalue weighted by atomic mass is 16.5. The highest BCUT2D eigenvalue weighted by Gasteiger charge is 2.14. The smallest absolute Gasteiger partial charge is 0.0748 e. The van der Waals surface area contributed by atoms with Gasteiger partial charge in [0, 0.05) is 25.5 Å². The summed E-state index contributed by atoms with van der Waals surface area (Å²) in [4.78, 5) is 4.03. The highest BCUT2D eigenvalue weighted by Crippen LogP contribution is 2.12. The van der Waals surface area contributed by atoms with Gasteiger partial charge >= 0.3 is 0 Å². The Kier molecular flexibility index (Phi) is 2.77. The van der Waals surface area contributed by atoms with Gasteiger partial charge in [0.05, 0.1) is 11.8 Å². The fourth-order valence-corrected chi connectivity index (χ4v) is 1.50. The number of hydrogen-bond donors (Lipinski definition) is 1. The minimum atomic E-state index is 0.389. The van der Waals surface area contributed by atoms with E-state index >= 15 is 0 Å². The van der Waals surface area contributed by atoms with E-state index in [4.69, 9.17) is 4.74 Å². The van der Waals surface area contributed by atoms with E-state index in [1.54, 1.807) is 6.20 Å². The molecule has 0 saturated carbocycles. The van der Waals surface area contributed by atoms with Crippen molar-refractivity contribution in [1.29, 1.82) is 0 Å². The minimum absolute atomic E-state index is 0.389. The number of aromatic nitrogens is 1. The average molecular weight is 178 g/mol. The Morgan fingerprint density at radius 3 is 3.31 bits per heavy atom. The fourth-order valence-electron chi connectivity index (χ4n) is 1.50.